The molecule has 0 spiro atoms. The summed E-state index contributed by atoms with van der Waals surface area (Å²) >= 11 is 6.11. The second-order valence-corrected chi connectivity index (χ2v) is 5.54. The predicted molar refractivity (Wildman–Crippen MR) is 73.9 cm³/mol. The lowest BCUT2D eigenvalue weighted by atomic mass is 9.78. The monoisotopic (exact) mass is 264 g/mol. The van der Waals surface area contributed by atoms with Gasteiger partial charge in [-0.25, -0.2) is 0 Å². The molecule has 0 aromatic heterocycles. The molecule has 1 fully saturated rings. The van der Waals surface area contributed by atoms with Crippen molar-refractivity contribution in [2.24, 2.45) is 0 Å². The van der Waals surface area contributed by atoms with Crippen molar-refractivity contribution >= 4 is 23.1 Å². The smallest absolute Gasteiger partial charge is 0.314 e. The second-order valence-electron chi connectivity index (χ2n) is 5.10. The molecule has 2 nitrogen and oxygen atoms in total. The van der Waals surface area contributed by atoms with Gasteiger partial charge in [-0.1, -0.05) is 42.7 Å². The number of halogens is 1. The number of rotatable bonds is 3. The fourth-order valence-corrected chi connectivity index (χ4v) is 2.95. The largest absolute Gasteiger partial charge is 0.481 e. The van der Waals surface area contributed by atoms with Crippen LogP contribution in [0.5, 0.6) is 0 Å². The Morgan fingerprint density at radius 2 is 1.94 bits per heavy atom. The summed E-state index contributed by atoms with van der Waals surface area (Å²) in [7, 11) is 0. The molecule has 1 aliphatic carbocycles. The van der Waals surface area contributed by atoms with Crippen LogP contribution in [0.3, 0.4) is 0 Å². The van der Waals surface area contributed by atoms with Crippen molar-refractivity contribution < 1.29 is 9.90 Å². The van der Waals surface area contributed by atoms with Crippen LogP contribution in [0.25, 0.3) is 5.57 Å². The molecule has 0 unspecified atom stereocenters. The highest BCUT2D eigenvalue weighted by Gasteiger charge is 2.43. The molecule has 0 heterocycles. The Labute approximate surface area is 112 Å². The molecule has 0 radical (unpaired) electrons. The zero-order valence-electron chi connectivity index (χ0n) is 10.5. The van der Waals surface area contributed by atoms with Crippen molar-refractivity contribution in [2.45, 2.75) is 38.0 Å². The van der Waals surface area contributed by atoms with E-state index in [1.165, 1.54) is 0 Å². The summed E-state index contributed by atoms with van der Waals surface area (Å²) in [6, 6.07) is 5.54. The summed E-state index contributed by atoms with van der Waals surface area (Å²) in [6.07, 6.45) is 3.30. The first-order valence-corrected chi connectivity index (χ1v) is 6.54. The summed E-state index contributed by atoms with van der Waals surface area (Å²) in [4.78, 5) is 11.7. The average Bonchev–Trinajstić information content (AvgIpc) is 2.78. The van der Waals surface area contributed by atoms with Gasteiger partial charge < -0.3 is 5.11 Å². The number of aliphatic carboxylic acids is 1. The van der Waals surface area contributed by atoms with Crippen LogP contribution in [0.1, 0.15) is 43.7 Å². The quantitative estimate of drug-likeness (QED) is 0.885. The van der Waals surface area contributed by atoms with E-state index < -0.39 is 11.4 Å². The molecule has 1 N–H and O–H groups in total. The lowest BCUT2D eigenvalue weighted by Gasteiger charge is -2.25. The van der Waals surface area contributed by atoms with Crippen LogP contribution in [0.2, 0.25) is 5.02 Å². The van der Waals surface area contributed by atoms with Gasteiger partial charge in [-0.15, -0.1) is 0 Å². The van der Waals surface area contributed by atoms with E-state index in [0.29, 0.717) is 17.9 Å². The summed E-state index contributed by atoms with van der Waals surface area (Å²) in [5.74, 6) is -0.741. The number of hydrogen-bond donors (Lipinski definition) is 1. The maximum absolute atomic E-state index is 11.7. The van der Waals surface area contributed by atoms with Gasteiger partial charge in [-0.3, -0.25) is 4.79 Å². The fraction of sp³-hybridized carbons (Fsp3) is 0.400. The zero-order valence-corrected chi connectivity index (χ0v) is 11.3. The molecule has 3 heteroatoms. The highest BCUT2D eigenvalue weighted by molar-refractivity contribution is 6.30. The van der Waals surface area contributed by atoms with Crippen LogP contribution in [0.15, 0.2) is 24.8 Å². The molecule has 1 aromatic rings. The first-order chi connectivity index (χ1) is 8.45. The third kappa shape index (κ3) is 2.17. The van der Waals surface area contributed by atoms with E-state index in [0.717, 1.165) is 29.5 Å². The molecule has 18 heavy (non-hydrogen) atoms. The first-order valence-electron chi connectivity index (χ1n) is 6.16. The molecule has 1 aromatic carbocycles. The Bertz CT molecular complexity index is 499. The number of carboxylic acid groups (broad SMARTS) is 1. The van der Waals surface area contributed by atoms with Crippen LogP contribution in [-0.2, 0) is 10.2 Å². The fourth-order valence-electron chi connectivity index (χ4n) is 2.72. The van der Waals surface area contributed by atoms with Crippen molar-refractivity contribution in [3.05, 3.63) is 40.9 Å². The van der Waals surface area contributed by atoms with E-state index >= 15 is 0 Å². The van der Waals surface area contributed by atoms with Crippen LogP contribution < -0.4 is 0 Å². The van der Waals surface area contributed by atoms with Crippen molar-refractivity contribution in [1.29, 1.82) is 0 Å². The molecule has 0 aliphatic heterocycles. The third-order valence-electron chi connectivity index (χ3n) is 3.81. The molecule has 0 bridgehead atoms. The minimum Gasteiger partial charge on any atom is -0.481 e. The first kappa shape index (κ1) is 13.2. The maximum Gasteiger partial charge on any atom is 0.314 e. The summed E-state index contributed by atoms with van der Waals surface area (Å²) in [6.45, 7) is 5.80. The number of carboxylic acids is 1. The van der Waals surface area contributed by atoms with Crippen molar-refractivity contribution in [2.75, 3.05) is 0 Å². The highest BCUT2D eigenvalue weighted by Crippen LogP contribution is 2.42. The van der Waals surface area contributed by atoms with Crippen LogP contribution in [-0.4, -0.2) is 11.1 Å². The Balaban J connectivity index is 2.55. The molecule has 2 rings (SSSR count). The van der Waals surface area contributed by atoms with Gasteiger partial charge in [0, 0.05) is 5.02 Å². The summed E-state index contributed by atoms with van der Waals surface area (Å²) in [5.41, 5.74) is 1.88. The van der Waals surface area contributed by atoms with Gasteiger partial charge in [0.2, 0.25) is 0 Å². The number of hydrogen-bond acceptors (Lipinski definition) is 1. The molecular weight excluding hydrogens is 248 g/mol. The third-order valence-corrected chi connectivity index (χ3v) is 4.03. The molecular formula is C15H17ClO2. The van der Waals surface area contributed by atoms with E-state index in [-0.39, 0.29) is 0 Å². The molecule has 1 saturated carbocycles. The van der Waals surface area contributed by atoms with E-state index in [1.807, 2.05) is 19.1 Å². The van der Waals surface area contributed by atoms with Gasteiger partial charge in [0.05, 0.1) is 5.41 Å². The van der Waals surface area contributed by atoms with E-state index in [9.17, 15) is 9.90 Å². The molecule has 1 aliphatic rings. The lowest BCUT2D eigenvalue weighted by Crippen LogP contribution is -2.32. The van der Waals surface area contributed by atoms with Gasteiger partial charge in [0.1, 0.15) is 0 Å². The predicted octanol–water partition coefficient (Wildman–Crippen LogP) is 4.27. The molecule has 0 amide bonds. The van der Waals surface area contributed by atoms with Gasteiger partial charge in [0.15, 0.2) is 0 Å². The zero-order chi connectivity index (χ0) is 13.3. The second kappa shape index (κ2) is 4.77. The van der Waals surface area contributed by atoms with E-state index in [1.54, 1.807) is 6.07 Å². The van der Waals surface area contributed by atoms with E-state index in [4.69, 9.17) is 11.6 Å². The summed E-state index contributed by atoms with van der Waals surface area (Å²) < 4.78 is 0. The topological polar surface area (TPSA) is 37.3 Å². The minimum atomic E-state index is -0.755. The van der Waals surface area contributed by atoms with Crippen LogP contribution >= 0.6 is 11.6 Å². The van der Waals surface area contributed by atoms with Crippen molar-refractivity contribution in [1.82, 2.24) is 0 Å². The highest BCUT2D eigenvalue weighted by atomic mass is 35.5. The summed E-state index contributed by atoms with van der Waals surface area (Å²) in [5, 5.41) is 10.2. The Morgan fingerprint density at radius 1 is 1.33 bits per heavy atom. The van der Waals surface area contributed by atoms with Crippen LogP contribution in [0.4, 0.5) is 0 Å². The van der Waals surface area contributed by atoms with Crippen molar-refractivity contribution in [3.8, 4) is 0 Å². The molecule has 0 saturated heterocycles. The minimum absolute atomic E-state index is 0.582. The van der Waals surface area contributed by atoms with Gasteiger partial charge in [0.25, 0.3) is 0 Å². The van der Waals surface area contributed by atoms with Gasteiger partial charge >= 0.3 is 5.97 Å². The Kier molecular flexibility index (Phi) is 3.49. The number of allylic oxidation sites excluding steroid dienone is 1. The SMILES string of the molecule is C=C(C)c1cc(Cl)cc(C2(C(=O)O)CCCC2)c1. The normalized spacial score (nSPS) is 17.7. The Hall–Kier alpha value is -1.28. The number of carbonyl (C=O) groups is 1. The maximum atomic E-state index is 11.7. The van der Waals surface area contributed by atoms with Crippen LogP contribution in [0, 0.1) is 0 Å². The average molecular weight is 265 g/mol. The molecule has 0 atom stereocenters. The van der Waals surface area contributed by atoms with Crippen molar-refractivity contribution in [3.63, 3.8) is 0 Å². The lowest BCUT2D eigenvalue weighted by molar-refractivity contribution is -0.143. The Morgan fingerprint density at radius 3 is 2.44 bits per heavy atom. The van der Waals surface area contributed by atoms with Gasteiger partial charge in [-0.2, -0.15) is 0 Å². The standard InChI is InChI=1S/C15H17ClO2/c1-10(2)11-7-12(9-13(16)8-11)15(14(17)18)5-3-4-6-15/h7-9H,1,3-6H2,2H3,(H,17,18). The number of benzene rings is 1. The van der Waals surface area contributed by atoms with Gasteiger partial charge in [-0.05, 0) is 43.0 Å². The van der Waals surface area contributed by atoms with E-state index in [2.05, 4.69) is 6.58 Å². The molecule has 96 valence electrons.